The highest BCUT2D eigenvalue weighted by molar-refractivity contribution is 5.76. The number of rotatable bonds is 4. The molecule has 0 heterocycles. The van der Waals surface area contributed by atoms with Crippen molar-refractivity contribution in [3.8, 4) is 0 Å². The van der Waals surface area contributed by atoms with Crippen LogP contribution in [-0.4, -0.2) is 29.7 Å². The maximum absolute atomic E-state index is 11.9. The van der Waals surface area contributed by atoms with Crippen LogP contribution < -0.4 is 10.6 Å². The lowest BCUT2D eigenvalue weighted by Gasteiger charge is -2.24. The molecule has 2 atom stereocenters. The molecule has 1 saturated carbocycles. The van der Waals surface area contributed by atoms with Crippen molar-refractivity contribution < 1.29 is 14.7 Å². The Hall–Kier alpha value is -1.26. The number of carboxylic acids is 1. The first kappa shape index (κ1) is 16.8. The second kappa shape index (κ2) is 7.50. The summed E-state index contributed by atoms with van der Waals surface area (Å²) in [5.41, 5.74) is 0.180. The maximum atomic E-state index is 11.9. The molecule has 5 nitrogen and oxygen atoms in total. The molecule has 2 unspecified atom stereocenters. The van der Waals surface area contributed by atoms with E-state index in [1.54, 1.807) is 0 Å². The van der Waals surface area contributed by atoms with Gasteiger partial charge >= 0.3 is 12.0 Å². The Balaban J connectivity index is 2.43. The van der Waals surface area contributed by atoms with Crippen LogP contribution in [0.3, 0.4) is 0 Å². The Labute approximate surface area is 121 Å². The molecular weight excluding hydrogens is 256 g/mol. The Kier molecular flexibility index (Phi) is 6.30. The minimum atomic E-state index is -0.799. The topological polar surface area (TPSA) is 78.4 Å². The van der Waals surface area contributed by atoms with Gasteiger partial charge in [0, 0.05) is 12.6 Å². The molecule has 3 N–H and O–H groups in total. The van der Waals surface area contributed by atoms with E-state index >= 15 is 0 Å². The Morgan fingerprint density at radius 1 is 1.15 bits per heavy atom. The zero-order valence-electron chi connectivity index (χ0n) is 12.9. The second-order valence-electron chi connectivity index (χ2n) is 6.90. The van der Waals surface area contributed by atoms with Gasteiger partial charge in [-0.3, -0.25) is 4.79 Å². The Morgan fingerprint density at radius 2 is 1.80 bits per heavy atom. The highest BCUT2D eigenvalue weighted by atomic mass is 16.4. The molecule has 0 spiro atoms. The number of carbonyl (C=O) groups is 2. The van der Waals surface area contributed by atoms with Crippen molar-refractivity contribution >= 4 is 12.0 Å². The molecule has 0 aromatic rings. The van der Waals surface area contributed by atoms with E-state index in [0.717, 1.165) is 32.1 Å². The lowest BCUT2D eigenvalue weighted by Crippen LogP contribution is -2.47. The third kappa shape index (κ3) is 6.26. The molecule has 1 aliphatic carbocycles. The minimum absolute atomic E-state index is 0.180. The quantitative estimate of drug-likeness (QED) is 0.695. The smallest absolute Gasteiger partial charge is 0.315 e. The number of aliphatic carboxylic acids is 1. The number of urea groups is 1. The van der Waals surface area contributed by atoms with E-state index in [0.29, 0.717) is 13.0 Å². The molecule has 1 aliphatic rings. The minimum Gasteiger partial charge on any atom is -0.481 e. The first-order valence-corrected chi connectivity index (χ1v) is 7.57. The molecule has 5 heteroatoms. The van der Waals surface area contributed by atoms with E-state index < -0.39 is 11.9 Å². The zero-order valence-corrected chi connectivity index (χ0v) is 12.9. The molecule has 0 radical (unpaired) electrons. The highest BCUT2D eigenvalue weighted by Gasteiger charge is 2.30. The second-order valence-corrected chi connectivity index (χ2v) is 6.90. The Bertz CT molecular complexity index is 337. The van der Waals surface area contributed by atoms with Gasteiger partial charge in [-0.05, 0) is 24.7 Å². The maximum Gasteiger partial charge on any atom is 0.315 e. The lowest BCUT2D eigenvalue weighted by atomic mass is 9.92. The summed E-state index contributed by atoms with van der Waals surface area (Å²) in [4.78, 5) is 23.1. The van der Waals surface area contributed by atoms with Crippen LogP contribution in [0.4, 0.5) is 4.79 Å². The third-order valence-electron chi connectivity index (χ3n) is 3.81. The van der Waals surface area contributed by atoms with Gasteiger partial charge in [0.15, 0.2) is 0 Å². The Morgan fingerprint density at radius 3 is 2.40 bits per heavy atom. The average Bonchev–Trinajstić information content (AvgIpc) is 2.52. The molecule has 2 amide bonds. The SMILES string of the molecule is CC(C)(C)CCNC(=O)NC1CCCCCC1C(=O)O. The van der Waals surface area contributed by atoms with E-state index in [4.69, 9.17) is 0 Å². The van der Waals surface area contributed by atoms with Gasteiger partial charge < -0.3 is 15.7 Å². The van der Waals surface area contributed by atoms with Crippen molar-refractivity contribution in [2.45, 2.75) is 65.3 Å². The molecule has 1 fully saturated rings. The number of carboxylic acid groups (broad SMARTS) is 1. The molecule has 116 valence electrons. The summed E-state index contributed by atoms with van der Waals surface area (Å²) >= 11 is 0. The van der Waals surface area contributed by atoms with Gasteiger partial charge in [-0.25, -0.2) is 4.79 Å². The van der Waals surface area contributed by atoms with Crippen molar-refractivity contribution in [3.63, 3.8) is 0 Å². The molecule has 0 bridgehead atoms. The normalized spacial score (nSPS) is 23.8. The van der Waals surface area contributed by atoms with E-state index in [9.17, 15) is 14.7 Å². The van der Waals surface area contributed by atoms with Gasteiger partial charge in [0.2, 0.25) is 0 Å². The summed E-state index contributed by atoms with van der Waals surface area (Å²) < 4.78 is 0. The summed E-state index contributed by atoms with van der Waals surface area (Å²) in [5.74, 6) is -1.25. The molecule has 1 rings (SSSR count). The predicted molar refractivity (Wildman–Crippen MR) is 78.6 cm³/mol. The van der Waals surface area contributed by atoms with Crippen LogP contribution in [0.25, 0.3) is 0 Å². The molecule has 0 aliphatic heterocycles. The first-order chi connectivity index (χ1) is 9.29. The summed E-state index contributed by atoms with van der Waals surface area (Å²) in [6.07, 6.45) is 5.27. The third-order valence-corrected chi connectivity index (χ3v) is 3.81. The van der Waals surface area contributed by atoms with Crippen LogP contribution in [0.2, 0.25) is 0 Å². The van der Waals surface area contributed by atoms with Crippen LogP contribution in [-0.2, 0) is 4.79 Å². The van der Waals surface area contributed by atoms with Crippen LogP contribution in [0.15, 0.2) is 0 Å². The van der Waals surface area contributed by atoms with Crippen LogP contribution in [0, 0.1) is 11.3 Å². The van der Waals surface area contributed by atoms with Gasteiger partial charge in [0.05, 0.1) is 5.92 Å². The summed E-state index contributed by atoms with van der Waals surface area (Å²) in [5, 5.41) is 14.9. The van der Waals surface area contributed by atoms with Crippen molar-refractivity contribution in [3.05, 3.63) is 0 Å². The molecule has 0 aromatic carbocycles. The largest absolute Gasteiger partial charge is 0.481 e. The first-order valence-electron chi connectivity index (χ1n) is 7.57. The van der Waals surface area contributed by atoms with Crippen LogP contribution in [0.1, 0.15) is 59.3 Å². The molecular formula is C15H28N2O3. The highest BCUT2D eigenvalue weighted by Crippen LogP contribution is 2.23. The monoisotopic (exact) mass is 284 g/mol. The summed E-state index contributed by atoms with van der Waals surface area (Å²) in [7, 11) is 0. The zero-order chi connectivity index (χ0) is 15.2. The standard InChI is InChI=1S/C15H28N2O3/c1-15(2,3)9-10-16-14(20)17-12-8-6-4-5-7-11(12)13(18)19/h11-12H,4-10H2,1-3H3,(H,18,19)(H2,16,17,20). The van der Waals surface area contributed by atoms with Gasteiger partial charge in [-0.2, -0.15) is 0 Å². The van der Waals surface area contributed by atoms with Crippen molar-refractivity contribution in [2.75, 3.05) is 6.54 Å². The van der Waals surface area contributed by atoms with Crippen LogP contribution in [0.5, 0.6) is 0 Å². The predicted octanol–water partition coefficient (Wildman–Crippen LogP) is 2.76. The molecule has 20 heavy (non-hydrogen) atoms. The van der Waals surface area contributed by atoms with E-state index in [1.807, 2.05) is 0 Å². The summed E-state index contributed by atoms with van der Waals surface area (Å²) in [6, 6.07) is -0.489. The summed E-state index contributed by atoms with van der Waals surface area (Å²) in [6.45, 7) is 6.98. The van der Waals surface area contributed by atoms with Gasteiger partial charge in [-0.15, -0.1) is 0 Å². The number of hydrogen-bond acceptors (Lipinski definition) is 2. The van der Waals surface area contributed by atoms with Crippen molar-refractivity contribution in [1.29, 1.82) is 0 Å². The molecule has 0 saturated heterocycles. The number of amides is 2. The van der Waals surface area contributed by atoms with E-state index in [2.05, 4.69) is 31.4 Å². The lowest BCUT2D eigenvalue weighted by molar-refractivity contribution is -0.142. The number of carbonyl (C=O) groups excluding carboxylic acids is 1. The van der Waals surface area contributed by atoms with E-state index in [1.165, 1.54) is 0 Å². The fourth-order valence-corrected chi connectivity index (χ4v) is 2.55. The van der Waals surface area contributed by atoms with Gasteiger partial charge in [-0.1, -0.05) is 40.0 Å². The van der Waals surface area contributed by atoms with Crippen molar-refractivity contribution in [1.82, 2.24) is 10.6 Å². The molecule has 0 aromatic heterocycles. The van der Waals surface area contributed by atoms with E-state index in [-0.39, 0.29) is 17.5 Å². The van der Waals surface area contributed by atoms with Crippen LogP contribution >= 0.6 is 0 Å². The number of nitrogens with one attached hydrogen (secondary N) is 2. The van der Waals surface area contributed by atoms with Gasteiger partial charge in [0.1, 0.15) is 0 Å². The number of hydrogen-bond donors (Lipinski definition) is 3. The average molecular weight is 284 g/mol. The van der Waals surface area contributed by atoms with Crippen molar-refractivity contribution in [2.24, 2.45) is 11.3 Å². The van der Waals surface area contributed by atoms with Gasteiger partial charge in [0.25, 0.3) is 0 Å². The fourth-order valence-electron chi connectivity index (χ4n) is 2.55. The fraction of sp³-hybridized carbons (Fsp3) is 0.867.